The first-order valence-electron chi connectivity index (χ1n) is 12.3. The van der Waals surface area contributed by atoms with Crippen LogP contribution in [0.5, 0.6) is 11.5 Å². The molecule has 1 aliphatic heterocycles. The Balaban J connectivity index is 1.66. The molecular formula is C29H33NO6S. The van der Waals surface area contributed by atoms with Crippen LogP contribution in [0.2, 0.25) is 0 Å². The van der Waals surface area contributed by atoms with Crippen molar-refractivity contribution in [1.29, 1.82) is 0 Å². The van der Waals surface area contributed by atoms with Crippen molar-refractivity contribution in [3.8, 4) is 22.6 Å². The van der Waals surface area contributed by atoms with E-state index in [-0.39, 0.29) is 11.7 Å². The molecule has 1 aliphatic rings. The molecule has 1 unspecified atom stereocenters. The summed E-state index contributed by atoms with van der Waals surface area (Å²) < 4.78 is 40.8. The average molecular weight is 524 g/mol. The maximum absolute atomic E-state index is 12.2. The maximum atomic E-state index is 12.2. The van der Waals surface area contributed by atoms with E-state index in [9.17, 15) is 13.2 Å². The third-order valence-corrected chi connectivity index (χ3v) is 7.37. The topological polar surface area (TPSA) is 105 Å². The van der Waals surface area contributed by atoms with Gasteiger partial charge in [0.15, 0.2) is 0 Å². The number of methoxy groups -OCH3 is 1. The SMILES string of the molecule is CCOC(=O)C(C)(C)CCc1ccc(C2Oc3cccc(OC)c3-c3ccc(CS(N)(=O)=O)cc32)cc1. The van der Waals surface area contributed by atoms with Gasteiger partial charge in [-0.15, -0.1) is 0 Å². The van der Waals surface area contributed by atoms with Gasteiger partial charge in [-0.25, -0.2) is 13.6 Å². The number of aryl methyl sites for hydroxylation is 1. The summed E-state index contributed by atoms with van der Waals surface area (Å²) in [6.07, 6.45) is 0.949. The first-order chi connectivity index (χ1) is 17.5. The summed E-state index contributed by atoms with van der Waals surface area (Å²) in [6.45, 7) is 5.98. The van der Waals surface area contributed by atoms with Gasteiger partial charge < -0.3 is 14.2 Å². The fraction of sp³-hybridized carbons (Fsp3) is 0.345. The molecule has 0 fully saturated rings. The smallest absolute Gasteiger partial charge is 0.311 e. The first kappa shape index (κ1) is 26.7. The van der Waals surface area contributed by atoms with Crippen LogP contribution < -0.4 is 14.6 Å². The van der Waals surface area contributed by atoms with Gasteiger partial charge in [-0.1, -0.05) is 48.5 Å². The van der Waals surface area contributed by atoms with Crippen molar-refractivity contribution in [3.05, 3.63) is 82.9 Å². The molecule has 2 N–H and O–H groups in total. The van der Waals surface area contributed by atoms with Gasteiger partial charge in [0.2, 0.25) is 10.0 Å². The number of hydrogen-bond donors (Lipinski definition) is 1. The molecular weight excluding hydrogens is 490 g/mol. The van der Waals surface area contributed by atoms with Crippen LogP contribution >= 0.6 is 0 Å². The highest BCUT2D eigenvalue weighted by atomic mass is 32.2. The second kappa shape index (κ2) is 10.6. The number of benzene rings is 3. The second-order valence-corrected chi connectivity index (χ2v) is 11.5. The van der Waals surface area contributed by atoms with E-state index < -0.39 is 21.5 Å². The number of carbonyl (C=O) groups excluding carboxylic acids is 1. The van der Waals surface area contributed by atoms with Gasteiger partial charge in [-0.3, -0.25) is 4.79 Å². The highest BCUT2D eigenvalue weighted by molar-refractivity contribution is 7.88. The minimum absolute atomic E-state index is 0.191. The summed E-state index contributed by atoms with van der Waals surface area (Å²) in [5.41, 5.74) is 4.64. The van der Waals surface area contributed by atoms with Gasteiger partial charge in [0, 0.05) is 5.56 Å². The number of hydrogen-bond acceptors (Lipinski definition) is 6. The summed E-state index contributed by atoms with van der Waals surface area (Å²) in [5, 5.41) is 5.31. The van der Waals surface area contributed by atoms with E-state index in [0.717, 1.165) is 34.2 Å². The van der Waals surface area contributed by atoms with Crippen LogP contribution in [-0.4, -0.2) is 28.1 Å². The number of nitrogens with two attached hydrogens (primary N) is 1. The number of primary sulfonamides is 1. The molecule has 0 aliphatic carbocycles. The summed E-state index contributed by atoms with van der Waals surface area (Å²) in [7, 11) is -2.08. The number of esters is 1. The molecule has 3 aromatic rings. The van der Waals surface area contributed by atoms with E-state index in [1.807, 2.05) is 75.4 Å². The van der Waals surface area contributed by atoms with Crippen LogP contribution in [0, 0.1) is 5.41 Å². The molecule has 8 heteroatoms. The van der Waals surface area contributed by atoms with Gasteiger partial charge >= 0.3 is 5.97 Å². The Bertz CT molecular complexity index is 1400. The molecule has 0 amide bonds. The average Bonchev–Trinajstić information content (AvgIpc) is 2.86. The third kappa shape index (κ3) is 5.97. The Morgan fingerprint density at radius 1 is 1.05 bits per heavy atom. The van der Waals surface area contributed by atoms with Crippen molar-refractivity contribution in [2.24, 2.45) is 10.6 Å². The predicted octanol–water partition coefficient (Wildman–Crippen LogP) is 5.15. The fourth-order valence-electron chi connectivity index (χ4n) is 4.61. The molecule has 0 aromatic heterocycles. The van der Waals surface area contributed by atoms with Crippen LogP contribution in [0.4, 0.5) is 0 Å². The largest absolute Gasteiger partial charge is 0.496 e. The van der Waals surface area contributed by atoms with Gasteiger partial charge in [-0.05, 0) is 68.0 Å². The number of carbonyl (C=O) groups is 1. The lowest BCUT2D eigenvalue weighted by Crippen LogP contribution is -2.27. The van der Waals surface area contributed by atoms with Crippen molar-refractivity contribution in [1.82, 2.24) is 0 Å². The highest BCUT2D eigenvalue weighted by Crippen LogP contribution is 2.49. The van der Waals surface area contributed by atoms with Gasteiger partial charge in [0.1, 0.15) is 17.6 Å². The Labute approximate surface area is 218 Å². The molecule has 3 aromatic carbocycles. The standard InChI is InChI=1S/C29H33NO6S/c1-5-35-28(31)29(2,3)16-15-19-9-12-21(13-10-19)27-23-17-20(18-37(30,32)33)11-14-22(23)26-24(34-4)7-6-8-25(26)36-27/h6-14,17,27H,5,15-16,18H2,1-4H3,(H2,30,32,33). The number of fused-ring (bicyclic) bond motifs is 3. The number of ether oxygens (including phenoxy) is 3. The van der Waals surface area contributed by atoms with E-state index in [2.05, 4.69) is 0 Å². The van der Waals surface area contributed by atoms with E-state index in [4.69, 9.17) is 19.3 Å². The molecule has 0 radical (unpaired) electrons. The van der Waals surface area contributed by atoms with Gasteiger partial charge in [0.25, 0.3) is 0 Å². The van der Waals surface area contributed by atoms with Gasteiger partial charge in [-0.2, -0.15) is 0 Å². The third-order valence-electron chi connectivity index (χ3n) is 6.64. The summed E-state index contributed by atoms with van der Waals surface area (Å²) in [4.78, 5) is 12.2. The minimum Gasteiger partial charge on any atom is -0.496 e. The molecule has 1 atom stereocenters. The summed E-state index contributed by atoms with van der Waals surface area (Å²) >= 11 is 0. The van der Waals surface area contributed by atoms with Crippen LogP contribution in [0.3, 0.4) is 0 Å². The molecule has 1 heterocycles. The summed E-state index contributed by atoms with van der Waals surface area (Å²) in [5.74, 6) is 0.913. The lowest BCUT2D eigenvalue weighted by atomic mass is 9.85. The lowest BCUT2D eigenvalue weighted by molar-refractivity contribution is -0.153. The van der Waals surface area contributed by atoms with Crippen LogP contribution in [-0.2, 0) is 31.7 Å². The van der Waals surface area contributed by atoms with Crippen LogP contribution in [0.1, 0.15) is 55.5 Å². The number of sulfonamides is 1. The van der Waals surface area contributed by atoms with Crippen molar-refractivity contribution < 1.29 is 27.4 Å². The fourth-order valence-corrected chi connectivity index (χ4v) is 5.25. The van der Waals surface area contributed by atoms with Crippen LogP contribution in [0.25, 0.3) is 11.1 Å². The van der Waals surface area contributed by atoms with E-state index in [1.54, 1.807) is 13.2 Å². The zero-order valence-electron chi connectivity index (χ0n) is 21.6. The molecule has 37 heavy (non-hydrogen) atoms. The zero-order valence-corrected chi connectivity index (χ0v) is 22.4. The maximum Gasteiger partial charge on any atom is 0.311 e. The van der Waals surface area contributed by atoms with E-state index >= 15 is 0 Å². The Morgan fingerprint density at radius 2 is 1.76 bits per heavy atom. The highest BCUT2D eigenvalue weighted by Gasteiger charge is 2.31. The van der Waals surface area contributed by atoms with E-state index in [0.29, 0.717) is 30.1 Å². The van der Waals surface area contributed by atoms with E-state index in [1.165, 1.54) is 0 Å². The summed E-state index contributed by atoms with van der Waals surface area (Å²) in [6, 6.07) is 19.3. The monoisotopic (exact) mass is 523 g/mol. The molecule has 0 saturated heterocycles. The molecule has 0 spiro atoms. The minimum atomic E-state index is -3.69. The van der Waals surface area contributed by atoms with Crippen molar-refractivity contribution in [2.45, 2.75) is 45.5 Å². The Morgan fingerprint density at radius 3 is 2.41 bits per heavy atom. The van der Waals surface area contributed by atoms with Gasteiger partial charge in [0.05, 0.1) is 30.4 Å². The Hall–Kier alpha value is -3.36. The molecule has 0 bridgehead atoms. The van der Waals surface area contributed by atoms with Crippen molar-refractivity contribution >= 4 is 16.0 Å². The molecule has 7 nitrogen and oxygen atoms in total. The van der Waals surface area contributed by atoms with Crippen LogP contribution in [0.15, 0.2) is 60.7 Å². The Kier molecular flexibility index (Phi) is 7.62. The normalized spacial score (nSPS) is 14.8. The zero-order chi connectivity index (χ0) is 26.8. The molecule has 0 saturated carbocycles. The number of rotatable bonds is 9. The quantitative estimate of drug-likeness (QED) is 0.389. The lowest BCUT2D eigenvalue weighted by Gasteiger charge is -2.30. The van der Waals surface area contributed by atoms with Crippen molar-refractivity contribution in [2.75, 3.05) is 13.7 Å². The first-order valence-corrected chi connectivity index (χ1v) is 14.0. The predicted molar refractivity (Wildman–Crippen MR) is 143 cm³/mol. The second-order valence-electron chi connectivity index (χ2n) is 9.91. The molecule has 4 rings (SSSR count). The van der Waals surface area contributed by atoms with Crippen molar-refractivity contribution in [3.63, 3.8) is 0 Å². The molecule has 196 valence electrons.